The zero-order valence-electron chi connectivity index (χ0n) is 49.2. The Balaban J connectivity index is 2.18. The van der Waals surface area contributed by atoms with Crippen LogP contribution in [0.3, 0.4) is 0 Å². The largest absolute Gasteiger partial charge is 0.494 e. The Hall–Kier alpha value is -4.53. The van der Waals surface area contributed by atoms with Gasteiger partial charge in [0.05, 0.1) is 6.61 Å². The van der Waals surface area contributed by atoms with E-state index in [-0.39, 0.29) is 27.6 Å². The summed E-state index contributed by atoms with van der Waals surface area (Å²) >= 11 is 1.97. The van der Waals surface area contributed by atoms with Crippen molar-refractivity contribution in [3.63, 3.8) is 0 Å². The van der Waals surface area contributed by atoms with Crippen LogP contribution in [0.1, 0.15) is 197 Å². The summed E-state index contributed by atoms with van der Waals surface area (Å²) in [6, 6.07) is 44.9. The summed E-state index contributed by atoms with van der Waals surface area (Å²) in [5, 5.41) is 2.55. The third-order valence-electron chi connectivity index (χ3n) is 13.8. The summed E-state index contributed by atoms with van der Waals surface area (Å²) in [7, 11) is 0. The fourth-order valence-corrected chi connectivity index (χ4v) is 11.9. The van der Waals surface area contributed by atoms with Crippen LogP contribution in [0.2, 0.25) is 0 Å². The summed E-state index contributed by atoms with van der Waals surface area (Å²) in [4.78, 5) is 1.32. The lowest BCUT2D eigenvalue weighted by Crippen LogP contribution is -2.48. The van der Waals surface area contributed by atoms with Gasteiger partial charge in [-0.3, -0.25) is 0 Å². The van der Waals surface area contributed by atoms with Gasteiger partial charge in [-0.2, -0.15) is 0 Å². The SMILES string of the molecule is CCCCC(C(=CC(C)(C)C)c1ccc2ccccc2c1)C(C(=CC(C)(C)C)c1ccc(SCCC)cc1)(C(=CC(C)(C)C)c1cccc(OCCC)c1)C(C)(C)CC(=CC(C)(C)C)c1ccc(CCC)cc1. The van der Waals surface area contributed by atoms with Crippen LogP contribution in [0.15, 0.2) is 144 Å². The van der Waals surface area contributed by atoms with Crippen molar-refractivity contribution in [2.75, 3.05) is 12.4 Å². The number of rotatable bonds is 22. The third kappa shape index (κ3) is 16.5. The molecule has 0 radical (unpaired) electrons. The van der Waals surface area contributed by atoms with Gasteiger partial charge in [-0.25, -0.2) is 0 Å². The van der Waals surface area contributed by atoms with Gasteiger partial charge in [0.1, 0.15) is 5.75 Å². The van der Waals surface area contributed by atoms with Crippen molar-refractivity contribution < 1.29 is 4.74 Å². The van der Waals surface area contributed by atoms with Gasteiger partial charge in [-0.05, 0) is 162 Å². The van der Waals surface area contributed by atoms with Gasteiger partial charge in [-0.1, -0.05) is 253 Å². The Labute approximate surface area is 451 Å². The molecule has 394 valence electrons. The lowest BCUT2D eigenvalue weighted by Gasteiger charge is -2.57. The minimum atomic E-state index is -0.661. The minimum absolute atomic E-state index is 0.0159. The molecule has 0 spiro atoms. The molecular weight excluding hydrogens is 901 g/mol. The molecule has 5 rings (SSSR count). The molecule has 0 heterocycles. The van der Waals surface area contributed by atoms with Crippen molar-refractivity contribution in [2.24, 2.45) is 38.4 Å². The van der Waals surface area contributed by atoms with Gasteiger partial charge in [-0.15, -0.1) is 11.8 Å². The van der Waals surface area contributed by atoms with Crippen LogP contribution in [0, 0.1) is 38.4 Å². The molecule has 0 bridgehead atoms. The zero-order valence-corrected chi connectivity index (χ0v) is 50.1. The summed E-state index contributed by atoms with van der Waals surface area (Å²) in [5.74, 6) is 2.04. The van der Waals surface area contributed by atoms with E-state index < -0.39 is 10.8 Å². The monoisotopic (exact) mass is 999 g/mol. The molecule has 0 fully saturated rings. The Morgan fingerprint density at radius 3 is 1.64 bits per heavy atom. The van der Waals surface area contributed by atoms with Gasteiger partial charge in [0, 0.05) is 10.3 Å². The highest BCUT2D eigenvalue weighted by molar-refractivity contribution is 7.99. The molecule has 0 aliphatic heterocycles. The fraction of sp³-hybridized carbons (Fsp3) is 0.493. The Morgan fingerprint density at radius 1 is 0.507 bits per heavy atom. The first-order valence-corrected chi connectivity index (χ1v) is 29.2. The van der Waals surface area contributed by atoms with Crippen LogP contribution in [0.25, 0.3) is 33.1 Å². The zero-order chi connectivity index (χ0) is 53.8. The number of hydrogen-bond acceptors (Lipinski definition) is 2. The Morgan fingerprint density at radius 2 is 1.08 bits per heavy atom. The highest BCUT2D eigenvalue weighted by Crippen LogP contribution is 2.68. The average molecular weight is 1000 g/mol. The number of aryl methyl sites for hydroxylation is 1. The third-order valence-corrected chi connectivity index (χ3v) is 15.1. The number of unbranched alkanes of at least 4 members (excludes halogenated alkanes) is 1. The number of allylic oxidation sites excluding steroid dienone is 8. The Bertz CT molecular complexity index is 2650. The van der Waals surface area contributed by atoms with Crippen LogP contribution in [-0.2, 0) is 6.42 Å². The molecule has 0 aromatic heterocycles. The first-order valence-electron chi connectivity index (χ1n) is 28.2. The van der Waals surface area contributed by atoms with Crippen LogP contribution in [-0.4, -0.2) is 12.4 Å². The molecule has 0 saturated heterocycles. The fourth-order valence-electron chi connectivity index (χ4n) is 11.1. The van der Waals surface area contributed by atoms with Gasteiger partial charge in [0.15, 0.2) is 0 Å². The van der Waals surface area contributed by atoms with Crippen molar-refractivity contribution in [3.05, 3.63) is 167 Å². The highest BCUT2D eigenvalue weighted by atomic mass is 32.2. The molecule has 2 atom stereocenters. The van der Waals surface area contributed by atoms with Crippen LogP contribution in [0.5, 0.6) is 5.75 Å². The van der Waals surface area contributed by atoms with Gasteiger partial charge < -0.3 is 4.74 Å². The maximum absolute atomic E-state index is 6.63. The summed E-state index contributed by atoms with van der Waals surface area (Å²) in [6.07, 6.45) is 19.0. The quantitative estimate of drug-likeness (QED) is 0.0639. The standard InChI is InChI=1S/C71H98OS/c1-19-23-32-63(62(49-67(8,9)10)57-38-37-53-28-24-25-29-56(53)45-57)71(64(50-68(11,12)13)55-39-41-61(42-40-55)73-44-22-4,65(51-69(14,15)16)58-30-26-31-60(46-58)72-43-21-3)70(17,18)48-59(47-66(5,6)7)54-35-33-52(27-20-2)34-36-54/h24-26,28-31,33-42,45-47,49-51,63H,19-23,27,32,43-44,48H2,1-18H3. The van der Waals surface area contributed by atoms with Crippen molar-refractivity contribution in [3.8, 4) is 5.75 Å². The molecule has 0 amide bonds. The van der Waals surface area contributed by atoms with E-state index in [1.807, 2.05) is 11.8 Å². The van der Waals surface area contributed by atoms with Gasteiger partial charge in [0.2, 0.25) is 0 Å². The smallest absolute Gasteiger partial charge is 0.119 e. The molecule has 0 aliphatic carbocycles. The van der Waals surface area contributed by atoms with E-state index in [0.29, 0.717) is 6.61 Å². The topological polar surface area (TPSA) is 9.23 Å². The van der Waals surface area contributed by atoms with Gasteiger partial charge in [0.25, 0.3) is 0 Å². The second-order valence-electron chi connectivity index (χ2n) is 26.2. The summed E-state index contributed by atoms with van der Waals surface area (Å²) in [5.41, 5.74) is 10.5. The molecule has 1 nitrogen and oxygen atoms in total. The highest BCUT2D eigenvalue weighted by Gasteiger charge is 2.57. The molecule has 0 N–H and O–H groups in total. The van der Waals surface area contributed by atoms with Crippen molar-refractivity contribution in [2.45, 2.75) is 181 Å². The lowest BCUT2D eigenvalue weighted by molar-refractivity contribution is 0.148. The number of hydrogen-bond donors (Lipinski definition) is 0. The first kappa shape index (κ1) is 59.3. The molecular formula is C71H98OS. The average Bonchev–Trinajstić information content (AvgIpc) is 3.31. The van der Waals surface area contributed by atoms with Crippen LogP contribution >= 0.6 is 11.8 Å². The van der Waals surface area contributed by atoms with E-state index in [1.165, 1.54) is 65.8 Å². The summed E-state index contributed by atoms with van der Waals surface area (Å²) in [6.45, 7) is 44.0. The second-order valence-corrected chi connectivity index (χ2v) is 27.3. The van der Waals surface area contributed by atoms with E-state index in [9.17, 15) is 0 Å². The van der Waals surface area contributed by atoms with E-state index in [2.05, 4.69) is 264 Å². The molecule has 0 saturated carbocycles. The van der Waals surface area contributed by atoms with E-state index in [4.69, 9.17) is 4.74 Å². The molecule has 2 unspecified atom stereocenters. The van der Waals surface area contributed by atoms with Crippen molar-refractivity contribution in [1.82, 2.24) is 0 Å². The minimum Gasteiger partial charge on any atom is -0.494 e. The molecule has 73 heavy (non-hydrogen) atoms. The second kappa shape index (κ2) is 25.3. The number of benzene rings is 5. The normalized spacial score (nSPS) is 15.2. The van der Waals surface area contributed by atoms with E-state index >= 15 is 0 Å². The molecule has 5 aromatic carbocycles. The van der Waals surface area contributed by atoms with Crippen LogP contribution in [0.4, 0.5) is 0 Å². The predicted octanol–water partition coefficient (Wildman–Crippen LogP) is 22.1. The first-order chi connectivity index (χ1) is 34.2. The Kier molecular flexibility index (Phi) is 20.6. The maximum atomic E-state index is 6.63. The summed E-state index contributed by atoms with van der Waals surface area (Å²) < 4.78 is 6.63. The maximum Gasteiger partial charge on any atom is 0.119 e. The molecule has 0 aliphatic rings. The van der Waals surface area contributed by atoms with Crippen molar-refractivity contribution >= 4 is 44.8 Å². The van der Waals surface area contributed by atoms with Gasteiger partial charge >= 0.3 is 0 Å². The van der Waals surface area contributed by atoms with Crippen LogP contribution < -0.4 is 4.74 Å². The predicted molar refractivity (Wildman–Crippen MR) is 328 cm³/mol. The lowest BCUT2D eigenvalue weighted by atomic mass is 9.45. The molecule has 5 aromatic rings. The van der Waals surface area contributed by atoms with E-state index in [1.54, 1.807) is 0 Å². The molecule has 2 heteroatoms. The number of fused-ring (bicyclic) bond motifs is 1. The van der Waals surface area contributed by atoms with E-state index in [0.717, 1.165) is 62.9 Å². The van der Waals surface area contributed by atoms with Crippen molar-refractivity contribution in [1.29, 1.82) is 0 Å². The number of thioether (sulfide) groups is 1. The number of ether oxygens (including phenoxy) is 1.